The van der Waals surface area contributed by atoms with Crippen LogP contribution in [0.1, 0.15) is 50.6 Å². The summed E-state index contributed by atoms with van der Waals surface area (Å²) in [6.45, 7) is 5.44. The molecule has 0 spiro atoms. The second-order valence-corrected chi connectivity index (χ2v) is 8.43. The van der Waals surface area contributed by atoms with Crippen LogP contribution in [0.3, 0.4) is 0 Å². The summed E-state index contributed by atoms with van der Waals surface area (Å²) in [5.41, 5.74) is 1.38. The zero-order valence-electron chi connectivity index (χ0n) is 16.4. The molecule has 4 heterocycles. The molecule has 2 saturated heterocycles. The van der Waals surface area contributed by atoms with Crippen LogP contribution in [0.15, 0.2) is 0 Å². The SMILES string of the molecule is CC(CC(=O)CBr)c1nc2c(N3CCOCC3)nc(Cl)nc2n1C1CCCCO1. The number of carbonyl (C=O) groups excluding carboxylic acids is 1. The highest BCUT2D eigenvalue weighted by Gasteiger charge is 2.29. The van der Waals surface area contributed by atoms with Crippen molar-refractivity contribution < 1.29 is 14.3 Å². The summed E-state index contributed by atoms with van der Waals surface area (Å²) < 4.78 is 13.6. The molecule has 0 amide bonds. The quantitative estimate of drug-likeness (QED) is 0.457. The highest BCUT2D eigenvalue weighted by molar-refractivity contribution is 9.09. The zero-order valence-corrected chi connectivity index (χ0v) is 18.8. The number of morpholine rings is 1. The van der Waals surface area contributed by atoms with Gasteiger partial charge in [-0.25, -0.2) is 4.98 Å². The smallest absolute Gasteiger partial charge is 0.226 e. The molecule has 4 rings (SSSR count). The van der Waals surface area contributed by atoms with Crippen molar-refractivity contribution in [2.24, 2.45) is 0 Å². The summed E-state index contributed by atoms with van der Waals surface area (Å²) in [7, 11) is 0. The standard InChI is InChI=1S/C19H25BrClN5O3/c1-12(10-13(27)11-20)16-22-15-17(25-5-8-28-9-6-25)23-19(21)24-18(15)26(16)14-4-2-3-7-29-14/h12,14H,2-11H2,1H3. The van der Waals surface area contributed by atoms with Gasteiger partial charge < -0.3 is 14.4 Å². The minimum Gasteiger partial charge on any atom is -0.378 e. The van der Waals surface area contributed by atoms with E-state index >= 15 is 0 Å². The molecule has 2 unspecified atom stereocenters. The predicted molar refractivity (Wildman–Crippen MR) is 114 cm³/mol. The van der Waals surface area contributed by atoms with Gasteiger partial charge in [0.1, 0.15) is 17.8 Å². The third-order valence-electron chi connectivity index (χ3n) is 5.40. The van der Waals surface area contributed by atoms with Gasteiger partial charge in [-0.1, -0.05) is 22.9 Å². The van der Waals surface area contributed by atoms with Crippen LogP contribution in [-0.2, 0) is 14.3 Å². The molecule has 2 fully saturated rings. The van der Waals surface area contributed by atoms with E-state index in [1.165, 1.54) is 0 Å². The van der Waals surface area contributed by atoms with E-state index in [1.54, 1.807) is 0 Å². The number of hydrogen-bond donors (Lipinski definition) is 0. The first-order chi connectivity index (χ1) is 14.1. The van der Waals surface area contributed by atoms with E-state index in [1.807, 2.05) is 11.5 Å². The number of anilines is 1. The van der Waals surface area contributed by atoms with Gasteiger partial charge in [-0.3, -0.25) is 9.36 Å². The van der Waals surface area contributed by atoms with Crippen molar-refractivity contribution in [3.63, 3.8) is 0 Å². The first-order valence-corrected chi connectivity index (χ1v) is 11.6. The van der Waals surface area contributed by atoms with Gasteiger partial charge in [0.05, 0.1) is 18.5 Å². The van der Waals surface area contributed by atoms with Crippen LogP contribution in [-0.4, -0.2) is 63.5 Å². The van der Waals surface area contributed by atoms with Crippen molar-refractivity contribution in [3.05, 3.63) is 11.1 Å². The van der Waals surface area contributed by atoms with Crippen LogP contribution < -0.4 is 4.90 Å². The van der Waals surface area contributed by atoms with Gasteiger partial charge in [0.15, 0.2) is 17.0 Å². The average Bonchev–Trinajstić information content (AvgIpc) is 3.13. The first kappa shape index (κ1) is 21.0. The van der Waals surface area contributed by atoms with E-state index in [9.17, 15) is 4.79 Å². The number of ether oxygens (including phenoxy) is 2. The summed E-state index contributed by atoms with van der Waals surface area (Å²) in [6.07, 6.45) is 3.24. The molecule has 0 bridgehead atoms. The maximum atomic E-state index is 12.1. The fourth-order valence-electron chi connectivity index (χ4n) is 3.99. The van der Waals surface area contributed by atoms with Gasteiger partial charge in [-0.15, -0.1) is 0 Å². The molecule has 2 atom stereocenters. The summed E-state index contributed by atoms with van der Waals surface area (Å²) >= 11 is 9.59. The Kier molecular flexibility index (Phi) is 6.68. The van der Waals surface area contributed by atoms with Crippen LogP contribution in [0, 0.1) is 0 Å². The fourth-order valence-corrected chi connectivity index (χ4v) is 4.38. The lowest BCUT2D eigenvalue weighted by Crippen LogP contribution is -2.37. The highest BCUT2D eigenvalue weighted by atomic mass is 79.9. The minimum atomic E-state index is -0.159. The number of halogens is 2. The maximum absolute atomic E-state index is 12.1. The van der Waals surface area contributed by atoms with Crippen molar-refractivity contribution in [1.29, 1.82) is 0 Å². The minimum absolute atomic E-state index is 0.0731. The lowest BCUT2D eigenvalue weighted by molar-refractivity contribution is -0.116. The van der Waals surface area contributed by atoms with Gasteiger partial charge in [0.2, 0.25) is 5.28 Å². The Morgan fingerprint density at radius 2 is 2.03 bits per heavy atom. The number of alkyl halides is 1. The molecule has 8 nitrogen and oxygen atoms in total. The lowest BCUT2D eigenvalue weighted by atomic mass is 10.0. The van der Waals surface area contributed by atoms with Crippen molar-refractivity contribution in [2.45, 2.75) is 44.8 Å². The van der Waals surface area contributed by atoms with Gasteiger partial charge in [-0.2, -0.15) is 9.97 Å². The number of aromatic nitrogens is 4. The normalized spacial score (nSPS) is 21.5. The average molecular weight is 487 g/mol. The molecule has 0 aromatic carbocycles. The molecule has 2 aromatic heterocycles. The number of imidazole rings is 1. The van der Waals surface area contributed by atoms with Crippen LogP contribution in [0.5, 0.6) is 0 Å². The van der Waals surface area contributed by atoms with E-state index in [2.05, 4.69) is 30.8 Å². The maximum Gasteiger partial charge on any atom is 0.226 e. The Hall–Kier alpha value is -1.29. The number of Topliss-reactive ketones (excluding diaryl/α,β-unsaturated/α-hetero) is 1. The lowest BCUT2D eigenvalue weighted by Gasteiger charge is -2.28. The van der Waals surface area contributed by atoms with Crippen LogP contribution in [0.25, 0.3) is 11.2 Å². The molecule has 0 saturated carbocycles. The summed E-state index contributed by atoms with van der Waals surface area (Å²) in [5, 5.41) is 0.522. The molecule has 2 aliphatic heterocycles. The number of fused-ring (bicyclic) bond motifs is 1. The summed E-state index contributed by atoms with van der Waals surface area (Å²) in [6, 6.07) is 0. The number of nitrogens with zero attached hydrogens (tertiary/aromatic N) is 5. The van der Waals surface area contributed by atoms with Crippen molar-refractivity contribution in [2.75, 3.05) is 43.1 Å². The van der Waals surface area contributed by atoms with Gasteiger partial charge in [0.25, 0.3) is 0 Å². The molecule has 0 radical (unpaired) electrons. The van der Waals surface area contributed by atoms with Gasteiger partial charge in [-0.05, 0) is 30.9 Å². The second kappa shape index (κ2) is 9.24. The second-order valence-electron chi connectivity index (χ2n) is 7.53. The van der Waals surface area contributed by atoms with Crippen LogP contribution >= 0.6 is 27.5 Å². The Balaban J connectivity index is 1.84. The van der Waals surface area contributed by atoms with Crippen molar-refractivity contribution in [1.82, 2.24) is 19.5 Å². The first-order valence-electron chi connectivity index (χ1n) is 10.1. The molecular weight excluding hydrogens is 462 g/mol. The van der Waals surface area contributed by atoms with Crippen LogP contribution in [0.2, 0.25) is 5.28 Å². The Morgan fingerprint density at radius 1 is 1.24 bits per heavy atom. The summed E-state index contributed by atoms with van der Waals surface area (Å²) in [4.78, 5) is 28.2. The molecular formula is C19H25BrClN5O3. The van der Waals surface area contributed by atoms with E-state index < -0.39 is 0 Å². The molecule has 2 aromatic rings. The molecule has 2 aliphatic rings. The molecule has 158 valence electrons. The van der Waals surface area contributed by atoms with E-state index in [0.29, 0.717) is 42.7 Å². The monoisotopic (exact) mass is 485 g/mol. The summed E-state index contributed by atoms with van der Waals surface area (Å²) in [5.74, 6) is 1.58. The van der Waals surface area contributed by atoms with Gasteiger partial charge >= 0.3 is 0 Å². The highest BCUT2D eigenvalue weighted by Crippen LogP contribution is 2.35. The fraction of sp³-hybridized carbons (Fsp3) is 0.684. The van der Waals surface area contributed by atoms with Crippen LogP contribution in [0.4, 0.5) is 5.82 Å². The number of carbonyl (C=O) groups is 1. The Morgan fingerprint density at radius 3 is 2.72 bits per heavy atom. The van der Waals surface area contributed by atoms with Crippen molar-refractivity contribution >= 4 is 50.3 Å². The largest absolute Gasteiger partial charge is 0.378 e. The number of rotatable bonds is 6. The topological polar surface area (TPSA) is 82.4 Å². The molecule has 10 heteroatoms. The van der Waals surface area contributed by atoms with Crippen molar-refractivity contribution in [3.8, 4) is 0 Å². The van der Waals surface area contributed by atoms with Gasteiger partial charge in [0, 0.05) is 32.0 Å². The number of hydrogen-bond acceptors (Lipinski definition) is 7. The third kappa shape index (κ3) is 4.42. The molecule has 29 heavy (non-hydrogen) atoms. The zero-order chi connectivity index (χ0) is 20.4. The molecule has 0 N–H and O–H groups in total. The Bertz CT molecular complexity index is 880. The van der Waals surface area contributed by atoms with E-state index in [0.717, 1.165) is 44.0 Å². The predicted octanol–water partition coefficient (Wildman–Crippen LogP) is 3.47. The molecule has 0 aliphatic carbocycles. The van der Waals surface area contributed by atoms with E-state index in [4.69, 9.17) is 26.1 Å². The number of ketones is 1. The third-order valence-corrected chi connectivity index (χ3v) is 6.19. The van der Waals surface area contributed by atoms with E-state index in [-0.39, 0.29) is 23.2 Å². The Labute approximate surface area is 183 Å².